The molecule has 1 saturated carbocycles. The lowest BCUT2D eigenvalue weighted by molar-refractivity contribution is -0.187. The highest BCUT2D eigenvalue weighted by molar-refractivity contribution is 5.90. The molecule has 2 aromatic rings. The third-order valence-electron chi connectivity index (χ3n) is 6.66. The summed E-state index contributed by atoms with van der Waals surface area (Å²) in [6.45, 7) is 2.39. The van der Waals surface area contributed by atoms with Crippen LogP contribution in [0.3, 0.4) is 0 Å². The average Bonchev–Trinajstić information content (AvgIpc) is 3.59. The SMILES string of the molecule is O=C(O)c1ccccc1[C@@H]1C[C@H]1N(CC1CCN(Cc2ccccc2)CC1)C(=O)C(F)(F)F. The summed E-state index contributed by atoms with van der Waals surface area (Å²) in [5.74, 6) is -3.34. The first-order chi connectivity index (χ1) is 15.7. The molecule has 1 aliphatic heterocycles. The Morgan fingerprint density at radius 3 is 2.27 bits per heavy atom. The van der Waals surface area contributed by atoms with Crippen LogP contribution in [0.5, 0.6) is 0 Å². The number of carboxylic acid groups (broad SMARTS) is 1. The zero-order valence-electron chi connectivity index (χ0n) is 18.2. The number of benzene rings is 2. The summed E-state index contributed by atoms with van der Waals surface area (Å²) in [7, 11) is 0. The summed E-state index contributed by atoms with van der Waals surface area (Å²) >= 11 is 0. The van der Waals surface area contributed by atoms with Gasteiger partial charge in [0.15, 0.2) is 0 Å². The second-order valence-corrected chi connectivity index (χ2v) is 8.96. The smallest absolute Gasteiger partial charge is 0.471 e. The Balaban J connectivity index is 1.42. The quantitative estimate of drug-likeness (QED) is 0.659. The molecule has 2 atom stereocenters. The van der Waals surface area contributed by atoms with Crippen molar-refractivity contribution in [3.05, 3.63) is 71.3 Å². The highest BCUT2D eigenvalue weighted by Gasteiger charge is 2.52. The fourth-order valence-electron chi connectivity index (χ4n) is 4.85. The van der Waals surface area contributed by atoms with Gasteiger partial charge >= 0.3 is 18.1 Å². The first-order valence-corrected chi connectivity index (χ1v) is 11.2. The van der Waals surface area contributed by atoms with E-state index in [0.29, 0.717) is 12.0 Å². The molecule has 1 saturated heterocycles. The molecule has 0 aromatic heterocycles. The number of alkyl halides is 3. The Bertz CT molecular complexity index is 988. The molecule has 2 aliphatic rings. The zero-order valence-corrected chi connectivity index (χ0v) is 18.2. The summed E-state index contributed by atoms with van der Waals surface area (Å²) < 4.78 is 40.2. The molecular formula is C25H27F3N2O3. The van der Waals surface area contributed by atoms with Gasteiger partial charge in [-0.25, -0.2) is 4.79 Å². The minimum absolute atomic E-state index is 0.0145. The van der Waals surface area contributed by atoms with E-state index in [2.05, 4.69) is 17.0 Å². The second kappa shape index (κ2) is 9.55. The van der Waals surface area contributed by atoms with Gasteiger partial charge in [-0.3, -0.25) is 9.69 Å². The Morgan fingerprint density at radius 1 is 1.00 bits per heavy atom. The van der Waals surface area contributed by atoms with Crippen LogP contribution in [0.25, 0.3) is 0 Å². The van der Waals surface area contributed by atoms with E-state index >= 15 is 0 Å². The summed E-state index contributed by atoms with van der Waals surface area (Å²) in [4.78, 5) is 27.1. The van der Waals surface area contributed by atoms with Crippen LogP contribution in [0, 0.1) is 5.92 Å². The second-order valence-electron chi connectivity index (χ2n) is 8.96. The lowest BCUT2D eigenvalue weighted by Crippen LogP contribution is -2.47. The van der Waals surface area contributed by atoms with Crippen molar-refractivity contribution in [1.29, 1.82) is 0 Å². The van der Waals surface area contributed by atoms with Crippen LogP contribution >= 0.6 is 0 Å². The van der Waals surface area contributed by atoms with E-state index in [-0.39, 0.29) is 23.9 Å². The van der Waals surface area contributed by atoms with E-state index in [4.69, 9.17) is 0 Å². The van der Waals surface area contributed by atoms with E-state index in [1.807, 2.05) is 18.2 Å². The lowest BCUT2D eigenvalue weighted by atomic mass is 9.95. The third kappa shape index (κ3) is 5.55. The van der Waals surface area contributed by atoms with Crippen LogP contribution < -0.4 is 0 Å². The van der Waals surface area contributed by atoms with Crippen LogP contribution in [0.1, 0.15) is 46.7 Å². The van der Waals surface area contributed by atoms with Crippen LogP contribution in [0.15, 0.2) is 54.6 Å². The van der Waals surface area contributed by atoms with Crippen molar-refractivity contribution in [2.24, 2.45) is 5.92 Å². The van der Waals surface area contributed by atoms with Crippen molar-refractivity contribution in [3.8, 4) is 0 Å². The number of carbonyl (C=O) groups excluding carboxylic acids is 1. The maximum Gasteiger partial charge on any atom is 0.471 e. The van der Waals surface area contributed by atoms with Crippen molar-refractivity contribution in [1.82, 2.24) is 9.80 Å². The predicted octanol–water partition coefficient (Wildman–Crippen LogP) is 4.54. The summed E-state index contributed by atoms with van der Waals surface area (Å²) in [5, 5.41) is 9.43. The number of carboxylic acids is 1. The standard InChI is InChI=1S/C25H27F3N2O3/c26-25(27,28)24(33)30(22-14-21(22)19-8-4-5-9-20(19)23(31)32)16-18-10-12-29(13-11-18)15-17-6-2-1-3-7-17/h1-9,18,21-22H,10-16H2,(H,31,32)/t21-,22+/m0/s1. The third-order valence-corrected chi connectivity index (χ3v) is 6.66. The van der Waals surface area contributed by atoms with Crippen molar-refractivity contribution in [2.75, 3.05) is 19.6 Å². The fourth-order valence-corrected chi connectivity index (χ4v) is 4.85. The molecule has 4 rings (SSSR count). The number of nitrogens with zero attached hydrogens (tertiary/aromatic N) is 2. The maximum atomic E-state index is 13.4. The molecule has 1 amide bonds. The Hall–Kier alpha value is -2.87. The monoisotopic (exact) mass is 460 g/mol. The first-order valence-electron chi connectivity index (χ1n) is 11.2. The number of amides is 1. The van der Waals surface area contributed by atoms with Crippen LogP contribution in [0.4, 0.5) is 13.2 Å². The lowest BCUT2D eigenvalue weighted by Gasteiger charge is -2.35. The van der Waals surface area contributed by atoms with Gasteiger partial charge in [-0.05, 0) is 55.5 Å². The highest BCUT2D eigenvalue weighted by atomic mass is 19.4. The number of rotatable bonds is 7. The molecule has 2 aromatic carbocycles. The molecule has 0 spiro atoms. The van der Waals surface area contributed by atoms with Gasteiger partial charge in [0.25, 0.3) is 0 Å². The number of aromatic carboxylic acids is 1. The maximum absolute atomic E-state index is 13.4. The van der Waals surface area contributed by atoms with Gasteiger partial charge in [-0.15, -0.1) is 0 Å². The predicted molar refractivity (Wildman–Crippen MR) is 117 cm³/mol. The number of likely N-dealkylation sites (tertiary alicyclic amines) is 1. The number of carbonyl (C=O) groups is 2. The van der Waals surface area contributed by atoms with Gasteiger partial charge in [0.05, 0.1) is 5.56 Å². The number of halogens is 3. The van der Waals surface area contributed by atoms with Gasteiger partial charge in [0, 0.05) is 25.0 Å². The Labute approximate surface area is 190 Å². The highest BCUT2D eigenvalue weighted by Crippen LogP contribution is 2.47. The number of hydrogen-bond donors (Lipinski definition) is 1. The topological polar surface area (TPSA) is 60.9 Å². The Morgan fingerprint density at radius 2 is 1.64 bits per heavy atom. The zero-order chi connectivity index (χ0) is 23.6. The van der Waals surface area contributed by atoms with E-state index < -0.39 is 24.1 Å². The van der Waals surface area contributed by atoms with Crippen molar-refractivity contribution in [2.45, 2.75) is 43.9 Å². The van der Waals surface area contributed by atoms with E-state index in [9.17, 15) is 27.9 Å². The van der Waals surface area contributed by atoms with Gasteiger partial charge in [0.2, 0.25) is 0 Å². The molecule has 2 fully saturated rings. The summed E-state index contributed by atoms with van der Waals surface area (Å²) in [5.41, 5.74) is 1.77. The fraction of sp³-hybridized carbons (Fsp3) is 0.440. The molecule has 0 bridgehead atoms. The van der Waals surface area contributed by atoms with E-state index in [1.165, 1.54) is 11.6 Å². The minimum atomic E-state index is -4.95. The number of hydrogen-bond acceptors (Lipinski definition) is 3. The molecule has 176 valence electrons. The molecule has 1 N–H and O–H groups in total. The van der Waals surface area contributed by atoms with Gasteiger partial charge in [0.1, 0.15) is 0 Å². The molecule has 0 unspecified atom stereocenters. The Kier molecular flexibility index (Phi) is 6.74. The largest absolute Gasteiger partial charge is 0.478 e. The minimum Gasteiger partial charge on any atom is -0.478 e. The molecule has 1 heterocycles. The van der Waals surface area contributed by atoms with Crippen molar-refractivity contribution >= 4 is 11.9 Å². The molecule has 5 nitrogen and oxygen atoms in total. The van der Waals surface area contributed by atoms with Gasteiger partial charge in [-0.1, -0.05) is 48.5 Å². The molecule has 1 aliphatic carbocycles. The first kappa shape index (κ1) is 23.3. The van der Waals surface area contributed by atoms with Crippen molar-refractivity contribution < 1.29 is 27.9 Å². The van der Waals surface area contributed by atoms with E-state index in [1.54, 1.807) is 18.2 Å². The van der Waals surface area contributed by atoms with Crippen LogP contribution in [0.2, 0.25) is 0 Å². The summed E-state index contributed by atoms with van der Waals surface area (Å²) in [6.07, 6.45) is -3.17. The van der Waals surface area contributed by atoms with E-state index in [0.717, 1.165) is 37.4 Å². The number of piperidine rings is 1. The van der Waals surface area contributed by atoms with Gasteiger partial charge in [-0.2, -0.15) is 13.2 Å². The normalized spacial score (nSPS) is 21.5. The molecule has 33 heavy (non-hydrogen) atoms. The van der Waals surface area contributed by atoms with Crippen molar-refractivity contribution in [3.63, 3.8) is 0 Å². The van der Waals surface area contributed by atoms with Crippen LogP contribution in [-0.2, 0) is 11.3 Å². The molecule has 0 radical (unpaired) electrons. The van der Waals surface area contributed by atoms with Gasteiger partial charge < -0.3 is 10.0 Å². The average molecular weight is 460 g/mol. The molecule has 8 heteroatoms. The molecular weight excluding hydrogens is 433 g/mol. The van der Waals surface area contributed by atoms with Crippen LogP contribution in [-0.4, -0.2) is 58.6 Å². The summed E-state index contributed by atoms with van der Waals surface area (Å²) in [6, 6.07) is 15.8.